The zero-order valence-corrected chi connectivity index (χ0v) is 13.3. The minimum Gasteiger partial charge on any atom is -0.338 e. The Hall–Kier alpha value is -2.82. The highest BCUT2D eigenvalue weighted by Crippen LogP contribution is 2.25. The Labute approximate surface area is 139 Å². The van der Waals surface area contributed by atoms with Crippen molar-refractivity contribution < 1.29 is 4.79 Å². The molecule has 1 amide bonds. The number of rotatable bonds is 2. The second-order valence-electron chi connectivity index (χ2n) is 6.21. The van der Waals surface area contributed by atoms with E-state index in [4.69, 9.17) is 0 Å². The molecule has 122 valence electrons. The molecule has 0 radical (unpaired) electrons. The van der Waals surface area contributed by atoms with Crippen molar-refractivity contribution >= 4 is 16.9 Å². The lowest BCUT2D eigenvalue weighted by molar-refractivity contribution is 0.0695. The molecule has 0 unspecified atom stereocenters. The van der Waals surface area contributed by atoms with E-state index in [1.54, 1.807) is 0 Å². The fourth-order valence-corrected chi connectivity index (χ4v) is 3.53. The molecule has 1 aromatic heterocycles. The molecule has 1 aliphatic heterocycles. The van der Waals surface area contributed by atoms with Gasteiger partial charge in [-0.3, -0.25) is 9.36 Å². The highest BCUT2D eigenvalue weighted by molar-refractivity contribution is 5.94. The number of carbonyl (C=O) groups excluding carboxylic acids is 1. The van der Waals surface area contributed by atoms with E-state index in [0.29, 0.717) is 13.1 Å². The van der Waals surface area contributed by atoms with Crippen molar-refractivity contribution in [3.8, 4) is 0 Å². The summed E-state index contributed by atoms with van der Waals surface area (Å²) in [6.07, 6.45) is 1.58. The SMILES string of the molecule is O=C(c1ccccc1)N1CCC(n2c(=O)[nH]c3ccccc32)CC1. The Balaban J connectivity index is 1.53. The molecule has 0 atom stereocenters. The molecule has 2 aromatic carbocycles. The highest BCUT2D eigenvalue weighted by atomic mass is 16.2. The summed E-state index contributed by atoms with van der Waals surface area (Å²) in [4.78, 5) is 29.6. The van der Waals surface area contributed by atoms with Gasteiger partial charge < -0.3 is 9.88 Å². The number of hydrogen-bond donors (Lipinski definition) is 1. The van der Waals surface area contributed by atoms with Gasteiger partial charge in [0.1, 0.15) is 0 Å². The molecule has 0 aliphatic carbocycles. The summed E-state index contributed by atoms with van der Waals surface area (Å²) >= 11 is 0. The number of aromatic nitrogens is 2. The Morgan fingerprint density at radius 3 is 2.38 bits per heavy atom. The van der Waals surface area contributed by atoms with E-state index >= 15 is 0 Å². The summed E-state index contributed by atoms with van der Waals surface area (Å²) in [6.45, 7) is 1.34. The van der Waals surface area contributed by atoms with Gasteiger partial charge in [-0.1, -0.05) is 30.3 Å². The molecule has 5 nitrogen and oxygen atoms in total. The van der Waals surface area contributed by atoms with Crippen LogP contribution in [0.1, 0.15) is 29.2 Å². The first-order valence-corrected chi connectivity index (χ1v) is 8.27. The standard InChI is InChI=1S/C19H19N3O2/c23-18(14-6-2-1-3-7-14)21-12-10-15(11-13-21)22-17-9-5-4-8-16(17)20-19(22)24/h1-9,15H,10-13H2,(H,20,24). The third-order valence-corrected chi connectivity index (χ3v) is 4.76. The number of nitrogens with one attached hydrogen (secondary N) is 1. The van der Waals surface area contributed by atoms with E-state index in [1.165, 1.54) is 0 Å². The van der Waals surface area contributed by atoms with Gasteiger partial charge in [-0.25, -0.2) is 4.79 Å². The third-order valence-electron chi connectivity index (χ3n) is 4.76. The van der Waals surface area contributed by atoms with E-state index in [1.807, 2.05) is 64.1 Å². The van der Waals surface area contributed by atoms with Crippen LogP contribution in [0.15, 0.2) is 59.4 Å². The predicted octanol–water partition coefficient (Wildman–Crippen LogP) is 2.81. The van der Waals surface area contributed by atoms with Gasteiger partial charge in [-0.05, 0) is 37.1 Å². The van der Waals surface area contributed by atoms with Crippen molar-refractivity contribution in [2.45, 2.75) is 18.9 Å². The lowest BCUT2D eigenvalue weighted by Crippen LogP contribution is -2.40. The van der Waals surface area contributed by atoms with Crippen LogP contribution in [-0.4, -0.2) is 33.4 Å². The number of benzene rings is 2. The van der Waals surface area contributed by atoms with Crippen molar-refractivity contribution in [3.63, 3.8) is 0 Å². The second-order valence-corrected chi connectivity index (χ2v) is 6.21. The number of aromatic amines is 1. The van der Waals surface area contributed by atoms with Gasteiger partial charge in [0.25, 0.3) is 5.91 Å². The normalized spacial score (nSPS) is 15.8. The topological polar surface area (TPSA) is 58.1 Å². The van der Waals surface area contributed by atoms with E-state index < -0.39 is 0 Å². The first kappa shape index (κ1) is 14.8. The van der Waals surface area contributed by atoms with Crippen molar-refractivity contribution in [1.29, 1.82) is 0 Å². The average molecular weight is 321 g/mol. The summed E-state index contributed by atoms with van der Waals surface area (Å²) in [5, 5.41) is 0. The molecule has 1 fully saturated rings. The number of amides is 1. The first-order valence-electron chi connectivity index (χ1n) is 8.27. The smallest absolute Gasteiger partial charge is 0.326 e. The predicted molar refractivity (Wildman–Crippen MR) is 93.2 cm³/mol. The molecule has 1 aliphatic rings. The fourth-order valence-electron chi connectivity index (χ4n) is 3.53. The van der Waals surface area contributed by atoms with Gasteiger partial charge in [-0.15, -0.1) is 0 Å². The largest absolute Gasteiger partial charge is 0.338 e. The molecule has 0 bridgehead atoms. The van der Waals surface area contributed by atoms with Crippen LogP contribution in [0.25, 0.3) is 11.0 Å². The summed E-state index contributed by atoms with van der Waals surface area (Å²) in [7, 11) is 0. The maximum atomic E-state index is 12.5. The quantitative estimate of drug-likeness (QED) is 0.789. The van der Waals surface area contributed by atoms with Gasteiger partial charge >= 0.3 is 5.69 Å². The van der Waals surface area contributed by atoms with Gasteiger partial charge in [-0.2, -0.15) is 0 Å². The number of H-pyrrole nitrogens is 1. The van der Waals surface area contributed by atoms with Crippen LogP contribution >= 0.6 is 0 Å². The number of imidazole rings is 1. The highest BCUT2D eigenvalue weighted by Gasteiger charge is 2.26. The maximum Gasteiger partial charge on any atom is 0.326 e. The Kier molecular flexibility index (Phi) is 3.69. The number of hydrogen-bond acceptors (Lipinski definition) is 2. The zero-order chi connectivity index (χ0) is 16.5. The molecule has 4 rings (SSSR count). The van der Waals surface area contributed by atoms with Crippen LogP contribution in [0.3, 0.4) is 0 Å². The van der Waals surface area contributed by atoms with Gasteiger partial charge in [0.2, 0.25) is 0 Å². The van der Waals surface area contributed by atoms with E-state index in [2.05, 4.69) is 4.98 Å². The number of fused-ring (bicyclic) bond motifs is 1. The number of piperidine rings is 1. The number of carbonyl (C=O) groups is 1. The molecule has 0 saturated carbocycles. The van der Waals surface area contributed by atoms with E-state index in [-0.39, 0.29) is 17.6 Å². The minimum atomic E-state index is -0.0657. The summed E-state index contributed by atoms with van der Waals surface area (Å²) in [6, 6.07) is 17.2. The summed E-state index contributed by atoms with van der Waals surface area (Å²) in [5.74, 6) is 0.0697. The van der Waals surface area contributed by atoms with Crippen LogP contribution in [0.5, 0.6) is 0 Å². The summed E-state index contributed by atoms with van der Waals surface area (Å²) in [5.41, 5.74) is 2.46. The minimum absolute atomic E-state index is 0.0657. The zero-order valence-electron chi connectivity index (χ0n) is 13.3. The fraction of sp³-hybridized carbons (Fsp3) is 0.263. The van der Waals surface area contributed by atoms with E-state index in [9.17, 15) is 9.59 Å². The molecular weight excluding hydrogens is 302 g/mol. The van der Waals surface area contributed by atoms with Crippen LogP contribution in [0, 0.1) is 0 Å². The lowest BCUT2D eigenvalue weighted by atomic mass is 10.0. The van der Waals surface area contributed by atoms with Crippen LogP contribution in [-0.2, 0) is 0 Å². The molecule has 0 spiro atoms. The molecule has 24 heavy (non-hydrogen) atoms. The average Bonchev–Trinajstić information content (AvgIpc) is 2.98. The van der Waals surface area contributed by atoms with Crippen molar-refractivity contribution in [1.82, 2.24) is 14.5 Å². The molecule has 2 heterocycles. The van der Waals surface area contributed by atoms with Crippen LogP contribution < -0.4 is 5.69 Å². The van der Waals surface area contributed by atoms with Crippen molar-refractivity contribution in [2.24, 2.45) is 0 Å². The number of likely N-dealkylation sites (tertiary alicyclic amines) is 1. The van der Waals surface area contributed by atoms with Gasteiger partial charge in [0.05, 0.1) is 11.0 Å². The second kappa shape index (κ2) is 6.00. The molecule has 1 N–H and O–H groups in total. The number of para-hydroxylation sites is 2. The maximum absolute atomic E-state index is 12.5. The number of nitrogens with zero attached hydrogens (tertiary/aromatic N) is 2. The molecule has 3 aromatic rings. The van der Waals surface area contributed by atoms with Crippen molar-refractivity contribution in [3.05, 3.63) is 70.6 Å². The monoisotopic (exact) mass is 321 g/mol. The van der Waals surface area contributed by atoms with Gasteiger partial charge in [0, 0.05) is 24.7 Å². The lowest BCUT2D eigenvalue weighted by Gasteiger charge is -2.32. The van der Waals surface area contributed by atoms with Gasteiger partial charge in [0.15, 0.2) is 0 Å². The summed E-state index contributed by atoms with van der Waals surface area (Å²) < 4.78 is 1.85. The third kappa shape index (κ3) is 2.52. The first-order chi connectivity index (χ1) is 11.7. The molecule has 5 heteroatoms. The van der Waals surface area contributed by atoms with E-state index in [0.717, 1.165) is 29.4 Å². The molecule has 1 saturated heterocycles. The Bertz CT molecular complexity index is 918. The van der Waals surface area contributed by atoms with Crippen molar-refractivity contribution in [2.75, 3.05) is 13.1 Å². The Morgan fingerprint density at radius 1 is 0.958 bits per heavy atom. The Morgan fingerprint density at radius 2 is 1.62 bits per heavy atom. The van der Waals surface area contributed by atoms with Crippen LogP contribution in [0.2, 0.25) is 0 Å². The molecular formula is C19H19N3O2. The van der Waals surface area contributed by atoms with Crippen LogP contribution in [0.4, 0.5) is 0 Å².